The van der Waals surface area contributed by atoms with Crippen molar-refractivity contribution < 1.29 is 0 Å². The number of hydrogen-bond acceptors (Lipinski definition) is 0. The summed E-state index contributed by atoms with van der Waals surface area (Å²) in [4.78, 5) is 0. The van der Waals surface area contributed by atoms with Gasteiger partial charge in [-0.1, -0.05) is 93.5 Å². The van der Waals surface area contributed by atoms with Gasteiger partial charge in [-0.05, 0) is 85.0 Å². The van der Waals surface area contributed by atoms with E-state index in [0.717, 1.165) is 30.4 Å². The highest BCUT2D eigenvalue weighted by atomic mass is 14.0. The second-order valence-electron chi connectivity index (χ2n) is 8.52. The van der Waals surface area contributed by atoms with Crippen LogP contribution in [-0.2, 0) is 25.7 Å². The highest BCUT2D eigenvalue weighted by molar-refractivity contribution is 5.44. The molecule has 0 saturated carbocycles. The van der Waals surface area contributed by atoms with Crippen LogP contribution in [0, 0.1) is 11.8 Å². The molecule has 3 aromatic rings. The minimum atomic E-state index is 1.07. The Morgan fingerprint density at radius 1 is 0.419 bits per heavy atom. The molecule has 0 amide bonds. The molecular weight excluding hydrogens is 372 g/mol. The van der Waals surface area contributed by atoms with Gasteiger partial charge in [0, 0.05) is 11.1 Å². The highest BCUT2D eigenvalue weighted by Crippen LogP contribution is 2.13. The lowest BCUT2D eigenvalue weighted by atomic mass is 10.0. The van der Waals surface area contributed by atoms with Crippen molar-refractivity contribution in [1.29, 1.82) is 0 Å². The van der Waals surface area contributed by atoms with Crippen LogP contribution in [0.25, 0.3) is 0 Å². The van der Waals surface area contributed by atoms with E-state index >= 15 is 0 Å². The Morgan fingerprint density at radius 3 is 1.19 bits per heavy atom. The Morgan fingerprint density at radius 2 is 0.774 bits per heavy atom. The molecule has 0 N–H and O–H groups in total. The van der Waals surface area contributed by atoms with Crippen molar-refractivity contribution in [3.05, 3.63) is 106 Å². The average molecular weight is 409 g/mol. The topological polar surface area (TPSA) is 0 Å². The van der Waals surface area contributed by atoms with Crippen molar-refractivity contribution in [2.75, 3.05) is 0 Å². The molecule has 0 radical (unpaired) electrons. The van der Waals surface area contributed by atoms with E-state index in [2.05, 4.69) is 98.5 Å². The minimum Gasteiger partial charge on any atom is -0.0654 e. The van der Waals surface area contributed by atoms with E-state index in [4.69, 9.17) is 0 Å². The van der Waals surface area contributed by atoms with Gasteiger partial charge in [0.2, 0.25) is 0 Å². The summed E-state index contributed by atoms with van der Waals surface area (Å²) in [6.07, 6.45) is 10.9. The van der Waals surface area contributed by atoms with Gasteiger partial charge in [-0.25, -0.2) is 0 Å². The van der Waals surface area contributed by atoms with E-state index < -0.39 is 0 Å². The van der Waals surface area contributed by atoms with Crippen LogP contribution in [0.15, 0.2) is 72.8 Å². The SMILES string of the molecule is CCCCCc1ccc(CCc2ccc(C#Cc3ccc(CCCC)cc3)cc2)cc1. The van der Waals surface area contributed by atoms with Crippen molar-refractivity contribution in [3.63, 3.8) is 0 Å². The minimum absolute atomic E-state index is 1.07. The van der Waals surface area contributed by atoms with Crippen LogP contribution in [0.3, 0.4) is 0 Å². The molecule has 0 nitrogen and oxygen atoms in total. The second-order valence-corrected chi connectivity index (χ2v) is 8.52. The molecule has 0 aliphatic heterocycles. The first-order valence-corrected chi connectivity index (χ1v) is 12.0. The van der Waals surface area contributed by atoms with Gasteiger partial charge >= 0.3 is 0 Å². The van der Waals surface area contributed by atoms with Gasteiger partial charge in [-0.15, -0.1) is 0 Å². The highest BCUT2D eigenvalue weighted by Gasteiger charge is 1.99. The molecule has 0 aliphatic rings. The third kappa shape index (κ3) is 8.10. The largest absolute Gasteiger partial charge is 0.0654 e. The van der Waals surface area contributed by atoms with Crippen LogP contribution >= 0.6 is 0 Å². The van der Waals surface area contributed by atoms with Crippen LogP contribution in [0.5, 0.6) is 0 Å². The maximum Gasteiger partial charge on any atom is 0.0249 e. The molecule has 0 aromatic heterocycles. The van der Waals surface area contributed by atoms with E-state index in [9.17, 15) is 0 Å². The first kappa shape index (κ1) is 22.9. The Bertz CT molecular complexity index is 948. The van der Waals surface area contributed by atoms with E-state index in [-0.39, 0.29) is 0 Å². The fourth-order valence-corrected chi connectivity index (χ4v) is 3.78. The lowest BCUT2D eigenvalue weighted by Crippen LogP contribution is -1.93. The fraction of sp³-hybridized carbons (Fsp3) is 0.355. The monoisotopic (exact) mass is 408 g/mol. The Balaban J connectivity index is 1.49. The first-order valence-electron chi connectivity index (χ1n) is 12.0. The Kier molecular flexibility index (Phi) is 9.46. The second kappa shape index (κ2) is 12.8. The van der Waals surface area contributed by atoms with Crippen molar-refractivity contribution in [2.45, 2.75) is 71.6 Å². The van der Waals surface area contributed by atoms with Gasteiger partial charge in [0.15, 0.2) is 0 Å². The maximum absolute atomic E-state index is 3.30. The van der Waals surface area contributed by atoms with Gasteiger partial charge in [0.05, 0.1) is 0 Å². The molecule has 31 heavy (non-hydrogen) atoms. The first-order chi connectivity index (χ1) is 15.3. The average Bonchev–Trinajstić information content (AvgIpc) is 2.82. The Labute approximate surface area is 189 Å². The lowest BCUT2D eigenvalue weighted by molar-refractivity contribution is 0.717. The summed E-state index contributed by atoms with van der Waals surface area (Å²) in [5.41, 5.74) is 7.83. The van der Waals surface area contributed by atoms with Gasteiger partial charge in [0.1, 0.15) is 0 Å². The molecule has 3 rings (SSSR count). The molecule has 0 saturated heterocycles. The number of benzene rings is 3. The van der Waals surface area contributed by atoms with Crippen molar-refractivity contribution in [1.82, 2.24) is 0 Å². The number of rotatable bonds is 10. The number of aryl methyl sites for hydroxylation is 4. The molecule has 3 aromatic carbocycles. The smallest absolute Gasteiger partial charge is 0.0249 e. The summed E-state index contributed by atoms with van der Waals surface area (Å²) in [5.74, 6) is 6.60. The normalized spacial score (nSPS) is 10.5. The maximum atomic E-state index is 3.30. The molecule has 160 valence electrons. The molecule has 0 spiro atoms. The van der Waals surface area contributed by atoms with Gasteiger partial charge in [-0.3, -0.25) is 0 Å². The lowest BCUT2D eigenvalue weighted by Gasteiger charge is -2.05. The van der Waals surface area contributed by atoms with Crippen molar-refractivity contribution >= 4 is 0 Å². The van der Waals surface area contributed by atoms with Gasteiger partial charge in [0.25, 0.3) is 0 Å². The van der Waals surface area contributed by atoms with Gasteiger partial charge < -0.3 is 0 Å². The zero-order chi connectivity index (χ0) is 21.7. The van der Waals surface area contributed by atoms with Crippen LogP contribution in [0.2, 0.25) is 0 Å². The summed E-state index contributed by atoms with van der Waals surface area (Å²) >= 11 is 0. The fourth-order valence-electron chi connectivity index (χ4n) is 3.78. The number of unbranched alkanes of at least 4 members (excludes halogenated alkanes) is 3. The quantitative estimate of drug-likeness (QED) is 0.236. The van der Waals surface area contributed by atoms with E-state index in [1.807, 2.05) is 0 Å². The zero-order valence-electron chi connectivity index (χ0n) is 19.3. The summed E-state index contributed by atoms with van der Waals surface area (Å²) < 4.78 is 0. The van der Waals surface area contributed by atoms with Crippen molar-refractivity contribution in [2.24, 2.45) is 0 Å². The molecule has 0 heteroatoms. The van der Waals surface area contributed by atoms with Crippen LogP contribution in [0.4, 0.5) is 0 Å². The van der Waals surface area contributed by atoms with Crippen LogP contribution < -0.4 is 0 Å². The molecule has 0 unspecified atom stereocenters. The van der Waals surface area contributed by atoms with E-state index in [1.165, 1.54) is 60.8 Å². The third-order valence-electron chi connectivity index (χ3n) is 5.87. The molecule has 0 atom stereocenters. The van der Waals surface area contributed by atoms with Gasteiger partial charge in [-0.2, -0.15) is 0 Å². The molecule has 0 aliphatic carbocycles. The molecule has 0 fully saturated rings. The predicted octanol–water partition coefficient (Wildman–Crippen LogP) is 7.95. The summed E-state index contributed by atoms with van der Waals surface area (Å²) in [6, 6.07) is 26.6. The Hall–Kier alpha value is -2.78. The van der Waals surface area contributed by atoms with Crippen LogP contribution in [-0.4, -0.2) is 0 Å². The summed E-state index contributed by atoms with van der Waals surface area (Å²) in [7, 11) is 0. The predicted molar refractivity (Wildman–Crippen MR) is 135 cm³/mol. The third-order valence-corrected chi connectivity index (χ3v) is 5.87. The summed E-state index contributed by atoms with van der Waals surface area (Å²) in [5, 5.41) is 0. The zero-order valence-corrected chi connectivity index (χ0v) is 19.3. The standard InChI is InChI=1S/C31H36/c1-3-5-7-9-27-12-16-29(17-13-27)19-21-31-24-22-30(23-25-31)20-18-28-14-10-26(11-15-28)8-6-4-2/h10-17,22-25H,3-9,19,21H2,1-2H3. The van der Waals surface area contributed by atoms with E-state index in [1.54, 1.807) is 0 Å². The molecule has 0 heterocycles. The van der Waals surface area contributed by atoms with Crippen LogP contribution in [0.1, 0.15) is 79.3 Å². The summed E-state index contributed by atoms with van der Waals surface area (Å²) in [6.45, 7) is 4.49. The molecule has 0 bridgehead atoms. The number of hydrogen-bond donors (Lipinski definition) is 0. The van der Waals surface area contributed by atoms with E-state index in [0.29, 0.717) is 0 Å². The molecular formula is C31H36. The van der Waals surface area contributed by atoms with Crippen molar-refractivity contribution in [3.8, 4) is 11.8 Å².